The monoisotopic (exact) mass is 298 g/mol. The van der Waals surface area contributed by atoms with Crippen LogP contribution in [0.5, 0.6) is 0 Å². The van der Waals surface area contributed by atoms with E-state index in [1.54, 1.807) is 0 Å². The molecule has 4 aliphatic rings. The van der Waals surface area contributed by atoms with Crippen LogP contribution in [-0.2, 0) is 0 Å². The molecule has 0 amide bonds. The highest BCUT2D eigenvalue weighted by Crippen LogP contribution is 2.56. The Bertz CT molecular complexity index is 440. The number of nitrogens with zero attached hydrogens (tertiary/aromatic N) is 1. The van der Waals surface area contributed by atoms with Gasteiger partial charge in [0.15, 0.2) is 0 Å². The number of rotatable bonds is 2. The summed E-state index contributed by atoms with van der Waals surface area (Å²) in [5.41, 5.74) is 0.326. The van der Waals surface area contributed by atoms with Crippen molar-refractivity contribution in [2.24, 2.45) is 17.8 Å². The molecule has 4 fully saturated rings. The van der Waals surface area contributed by atoms with Gasteiger partial charge in [-0.15, -0.1) is 12.4 Å². The molecule has 1 N–H and O–H groups in total. The molecular weight excluding hydrogens is 279 g/mol. The topological polar surface area (TPSA) is 24.9 Å². The van der Waals surface area contributed by atoms with Crippen molar-refractivity contribution in [1.82, 2.24) is 4.98 Å². The number of nitrogens with one attached hydrogen (secondary N) is 1. The lowest BCUT2D eigenvalue weighted by Gasteiger charge is -2.57. The Morgan fingerprint density at radius 1 is 1.05 bits per heavy atom. The minimum Gasteiger partial charge on any atom is -0.365 e. The summed E-state index contributed by atoms with van der Waals surface area (Å²) in [6.45, 7) is 0. The van der Waals surface area contributed by atoms with Gasteiger partial charge in [-0.3, -0.25) is 0 Å². The van der Waals surface area contributed by atoms with E-state index in [1.165, 1.54) is 38.5 Å². The van der Waals surface area contributed by atoms with Gasteiger partial charge in [-0.25, -0.2) is 4.98 Å². The van der Waals surface area contributed by atoms with Crippen molar-refractivity contribution in [3.63, 3.8) is 0 Å². The Hall–Kier alpha value is -0.470. The highest BCUT2D eigenvalue weighted by atomic mass is 35.5. The number of pyridine rings is 1. The van der Waals surface area contributed by atoms with Gasteiger partial charge in [0.05, 0.1) is 0 Å². The molecular formula is C15H20Cl2N2. The molecule has 0 spiro atoms. The maximum atomic E-state index is 5.98. The van der Waals surface area contributed by atoms with Gasteiger partial charge < -0.3 is 5.32 Å². The summed E-state index contributed by atoms with van der Waals surface area (Å²) < 4.78 is 0. The molecule has 4 saturated carbocycles. The van der Waals surface area contributed by atoms with Crippen molar-refractivity contribution >= 4 is 29.8 Å². The molecule has 1 aromatic heterocycles. The number of hydrogen-bond acceptors (Lipinski definition) is 2. The van der Waals surface area contributed by atoms with Crippen LogP contribution in [0.3, 0.4) is 0 Å². The third-order valence-electron chi connectivity index (χ3n) is 5.15. The number of anilines is 1. The van der Waals surface area contributed by atoms with Gasteiger partial charge in [0.25, 0.3) is 0 Å². The maximum Gasteiger partial charge on any atom is 0.131 e. The van der Waals surface area contributed by atoms with Crippen LogP contribution in [0, 0.1) is 17.8 Å². The molecule has 4 aliphatic carbocycles. The average molecular weight is 299 g/mol. The summed E-state index contributed by atoms with van der Waals surface area (Å²) >= 11 is 5.98. The van der Waals surface area contributed by atoms with E-state index >= 15 is 0 Å². The Balaban J connectivity index is 0.00000110. The molecule has 4 bridgehead atoms. The summed E-state index contributed by atoms with van der Waals surface area (Å²) in [6.07, 6.45) is 8.45. The van der Waals surface area contributed by atoms with Gasteiger partial charge in [-0.1, -0.05) is 17.7 Å². The Morgan fingerprint density at radius 3 is 2.16 bits per heavy atom. The molecule has 0 aliphatic heterocycles. The highest BCUT2D eigenvalue weighted by molar-refractivity contribution is 6.29. The zero-order chi connectivity index (χ0) is 12.2. The van der Waals surface area contributed by atoms with Gasteiger partial charge in [0, 0.05) is 5.54 Å². The standard InChI is InChI=1S/C15H19ClN2.ClH/c16-13-2-1-3-14(17-13)18-15-7-10-4-11(8-15)6-12(5-10)9-15;/h1-3,10-12H,4-9H2,(H,17,18);1H. The zero-order valence-electron chi connectivity index (χ0n) is 10.9. The fraction of sp³-hybridized carbons (Fsp3) is 0.667. The van der Waals surface area contributed by atoms with Crippen molar-refractivity contribution < 1.29 is 0 Å². The predicted octanol–water partition coefficient (Wildman–Crippen LogP) is 4.54. The summed E-state index contributed by atoms with van der Waals surface area (Å²) in [7, 11) is 0. The SMILES string of the molecule is Cl.Clc1cccc(NC23CC4CC(CC(C4)C2)C3)n1. The second-order valence-corrected chi connectivity index (χ2v) is 7.06. The fourth-order valence-electron chi connectivity index (χ4n) is 5.01. The van der Waals surface area contributed by atoms with E-state index in [9.17, 15) is 0 Å². The molecule has 1 heterocycles. The summed E-state index contributed by atoms with van der Waals surface area (Å²) in [6, 6.07) is 5.87. The van der Waals surface area contributed by atoms with E-state index in [-0.39, 0.29) is 12.4 Å². The molecule has 0 radical (unpaired) electrons. The first-order valence-corrected chi connectivity index (χ1v) is 7.49. The van der Waals surface area contributed by atoms with Gasteiger partial charge in [-0.05, 0) is 68.4 Å². The lowest BCUT2D eigenvalue weighted by molar-refractivity contribution is 0.0105. The van der Waals surface area contributed by atoms with Crippen LogP contribution in [-0.4, -0.2) is 10.5 Å². The van der Waals surface area contributed by atoms with E-state index in [0.717, 1.165) is 23.6 Å². The maximum absolute atomic E-state index is 5.98. The molecule has 0 aromatic carbocycles. The van der Waals surface area contributed by atoms with Crippen molar-refractivity contribution in [3.05, 3.63) is 23.4 Å². The molecule has 4 heteroatoms. The van der Waals surface area contributed by atoms with Crippen LogP contribution in [0.1, 0.15) is 38.5 Å². The van der Waals surface area contributed by atoms with Crippen LogP contribution >= 0.6 is 24.0 Å². The van der Waals surface area contributed by atoms with Crippen LogP contribution in [0.2, 0.25) is 5.15 Å². The van der Waals surface area contributed by atoms with Crippen molar-refractivity contribution in [2.45, 2.75) is 44.1 Å². The largest absolute Gasteiger partial charge is 0.365 e. The summed E-state index contributed by atoms with van der Waals surface area (Å²) in [4.78, 5) is 4.40. The van der Waals surface area contributed by atoms with Crippen LogP contribution in [0.4, 0.5) is 5.82 Å². The van der Waals surface area contributed by atoms with Gasteiger partial charge in [0.1, 0.15) is 11.0 Å². The average Bonchev–Trinajstić information content (AvgIpc) is 2.25. The van der Waals surface area contributed by atoms with Gasteiger partial charge >= 0.3 is 0 Å². The highest BCUT2D eigenvalue weighted by Gasteiger charge is 2.50. The predicted molar refractivity (Wildman–Crippen MR) is 81.0 cm³/mol. The molecule has 5 rings (SSSR count). The second-order valence-electron chi connectivity index (χ2n) is 6.67. The third kappa shape index (κ3) is 2.45. The van der Waals surface area contributed by atoms with E-state index in [0.29, 0.717) is 10.7 Å². The summed E-state index contributed by atoms with van der Waals surface area (Å²) in [5.74, 6) is 3.85. The molecule has 19 heavy (non-hydrogen) atoms. The normalized spacial score (nSPS) is 38.9. The molecule has 0 saturated heterocycles. The number of aromatic nitrogens is 1. The van der Waals surface area contributed by atoms with E-state index in [4.69, 9.17) is 11.6 Å². The van der Waals surface area contributed by atoms with Crippen LogP contribution in [0.25, 0.3) is 0 Å². The zero-order valence-corrected chi connectivity index (χ0v) is 12.5. The van der Waals surface area contributed by atoms with Crippen LogP contribution in [0.15, 0.2) is 18.2 Å². The van der Waals surface area contributed by atoms with E-state index < -0.39 is 0 Å². The minimum atomic E-state index is 0. The van der Waals surface area contributed by atoms with E-state index in [2.05, 4.69) is 10.3 Å². The van der Waals surface area contributed by atoms with Gasteiger partial charge in [0.2, 0.25) is 0 Å². The molecule has 1 aromatic rings. The Labute approximate surface area is 125 Å². The number of halogens is 2. The minimum absolute atomic E-state index is 0. The van der Waals surface area contributed by atoms with Crippen molar-refractivity contribution in [2.75, 3.05) is 5.32 Å². The molecule has 104 valence electrons. The quantitative estimate of drug-likeness (QED) is 0.811. The lowest BCUT2D eigenvalue weighted by Crippen LogP contribution is -2.54. The molecule has 2 nitrogen and oxygen atoms in total. The first kappa shape index (κ1) is 13.5. The van der Waals surface area contributed by atoms with Gasteiger partial charge in [-0.2, -0.15) is 0 Å². The summed E-state index contributed by atoms with van der Waals surface area (Å²) in [5, 5.41) is 4.32. The fourth-order valence-corrected chi connectivity index (χ4v) is 5.18. The molecule has 0 unspecified atom stereocenters. The Kier molecular flexibility index (Phi) is 3.43. The van der Waals surface area contributed by atoms with E-state index in [1.807, 2.05) is 18.2 Å². The second kappa shape index (κ2) is 4.82. The first-order chi connectivity index (χ1) is 8.71. The lowest BCUT2D eigenvalue weighted by atomic mass is 9.53. The molecule has 0 atom stereocenters. The van der Waals surface area contributed by atoms with Crippen LogP contribution < -0.4 is 5.32 Å². The first-order valence-electron chi connectivity index (χ1n) is 7.12. The smallest absolute Gasteiger partial charge is 0.131 e. The number of hydrogen-bond donors (Lipinski definition) is 1. The van der Waals surface area contributed by atoms with Crippen molar-refractivity contribution in [1.29, 1.82) is 0 Å². The third-order valence-corrected chi connectivity index (χ3v) is 5.36. The van der Waals surface area contributed by atoms with Crippen molar-refractivity contribution in [3.8, 4) is 0 Å². The Morgan fingerprint density at radius 2 is 1.63 bits per heavy atom.